The summed E-state index contributed by atoms with van der Waals surface area (Å²) in [6.45, 7) is 0. The largest absolute Gasteiger partial charge is 0.296 e. The van der Waals surface area contributed by atoms with E-state index in [1.807, 2.05) is 0 Å². The van der Waals surface area contributed by atoms with E-state index in [-0.39, 0.29) is 11.1 Å². The quantitative estimate of drug-likeness (QED) is 0.499. The van der Waals surface area contributed by atoms with Gasteiger partial charge in [-0.2, -0.15) is 9.78 Å². The number of hydrogen-bond acceptors (Lipinski definition) is 3. The summed E-state index contributed by atoms with van der Waals surface area (Å²) in [5, 5.41) is 5.36. The minimum absolute atomic E-state index is 0.254. The Morgan fingerprint density at radius 2 is 1.68 bits per heavy atom. The number of hydrogen-bond donors (Lipinski definition) is 0. The summed E-state index contributed by atoms with van der Waals surface area (Å²) >= 11 is 0. The smallest absolute Gasteiger partial charge is 0.279 e. The van der Waals surface area contributed by atoms with E-state index in [1.54, 1.807) is 49.7 Å². The van der Waals surface area contributed by atoms with Crippen molar-refractivity contribution in [2.45, 2.75) is 0 Å². The molecule has 0 saturated carbocycles. The number of fused-ring (bicyclic) bond motifs is 1. The van der Waals surface area contributed by atoms with Gasteiger partial charge >= 0.3 is 0 Å². The van der Waals surface area contributed by atoms with Crippen LogP contribution in [0.3, 0.4) is 0 Å². The number of aliphatic imine (C=N–C) groups is 1. The first-order valence-corrected chi connectivity index (χ1v) is 8.58. The molecule has 0 bridgehead atoms. The van der Waals surface area contributed by atoms with Gasteiger partial charge < -0.3 is 0 Å². The van der Waals surface area contributed by atoms with Gasteiger partial charge in [-0.15, -0.1) is 0 Å². The van der Waals surface area contributed by atoms with Crippen LogP contribution in [0.25, 0.3) is 27.7 Å². The van der Waals surface area contributed by atoms with Gasteiger partial charge in [-0.25, -0.2) is 8.78 Å². The third-order valence-corrected chi connectivity index (χ3v) is 4.40. The van der Waals surface area contributed by atoms with E-state index in [4.69, 9.17) is 0 Å². The first kappa shape index (κ1) is 17.7. The molecule has 6 heteroatoms. The zero-order chi connectivity index (χ0) is 19.7. The molecule has 0 fully saturated rings. The van der Waals surface area contributed by atoms with E-state index in [9.17, 15) is 13.6 Å². The highest BCUT2D eigenvalue weighted by Crippen LogP contribution is 2.28. The molecule has 0 unspecified atom stereocenters. The standard InChI is InChI=1S/C22H15F2N3O/c1-25-13-14-6-11-20(24)19(12-14)21-17-4-2-3-5-18(17)22(28)27(26-21)16-9-7-15(23)8-10-16/h2-13H,1H3. The van der Waals surface area contributed by atoms with Gasteiger partial charge in [-0.05, 0) is 48.0 Å². The third-order valence-electron chi connectivity index (χ3n) is 4.40. The minimum atomic E-state index is -0.463. The average Bonchev–Trinajstić information content (AvgIpc) is 2.71. The first-order chi connectivity index (χ1) is 13.6. The Bertz CT molecular complexity index is 1260. The van der Waals surface area contributed by atoms with Crippen LogP contribution >= 0.6 is 0 Å². The zero-order valence-electron chi connectivity index (χ0n) is 14.9. The number of benzene rings is 3. The summed E-state index contributed by atoms with van der Waals surface area (Å²) in [6.07, 6.45) is 1.61. The molecule has 138 valence electrons. The van der Waals surface area contributed by atoms with Crippen molar-refractivity contribution in [1.82, 2.24) is 9.78 Å². The third kappa shape index (κ3) is 3.09. The number of nitrogens with zero attached hydrogens (tertiary/aromatic N) is 3. The lowest BCUT2D eigenvalue weighted by Gasteiger charge is -2.12. The first-order valence-electron chi connectivity index (χ1n) is 8.58. The molecular formula is C22H15F2N3O. The Balaban J connectivity index is 2.07. The summed E-state index contributed by atoms with van der Waals surface area (Å²) in [7, 11) is 1.63. The fraction of sp³-hybridized carbons (Fsp3) is 0.0455. The molecule has 0 spiro atoms. The molecule has 0 atom stereocenters. The molecule has 0 aliphatic rings. The summed E-state index contributed by atoms with van der Waals surface area (Å²) in [6, 6.07) is 16.9. The van der Waals surface area contributed by atoms with Crippen LogP contribution in [0.4, 0.5) is 8.78 Å². The van der Waals surface area contributed by atoms with Gasteiger partial charge in [0.1, 0.15) is 17.3 Å². The van der Waals surface area contributed by atoms with Crippen LogP contribution in [0.5, 0.6) is 0 Å². The lowest BCUT2D eigenvalue weighted by molar-refractivity contribution is 0.626. The summed E-state index contributed by atoms with van der Waals surface area (Å²) < 4.78 is 29.2. The monoisotopic (exact) mass is 375 g/mol. The van der Waals surface area contributed by atoms with Gasteiger partial charge in [0.05, 0.1) is 11.1 Å². The molecule has 0 amide bonds. The van der Waals surface area contributed by atoms with E-state index in [1.165, 1.54) is 30.3 Å². The molecular weight excluding hydrogens is 360 g/mol. The van der Waals surface area contributed by atoms with Crippen molar-refractivity contribution in [3.05, 3.63) is 94.3 Å². The Morgan fingerprint density at radius 1 is 0.964 bits per heavy atom. The Labute approximate surface area is 159 Å². The molecule has 28 heavy (non-hydrogen) atoms. The van der Waals surface area contributed by atoms with Crippen LogP contribution in [0.1, 0.15) is 5.56 Å². The van der Waals surface area contributed by atoms with Gasteiger partial charge in [0.25, 0.3) is 5.56 Å². The van der Waals surface area contributed by atoms with Crippen molar-refractivity contribution in [3.63, 3.8) is 0 Å². The van der Waals surface area contributed by atoms with Crippen molar-refractivity contribution in [1.29, 1.82) is 0 Å². The van der Waals surface area contributed by atoms with E-state index >= 15 is 0 Å². The molecule has 0 aliphatic heterocycles. The highest BCUT2D eigenvalue weighted by atomic mass is 19.1. The van der Waals surface area contributed by atoms with Crippen LogP contribution < -0.4 is 5.56 Å². The molecule has 0 N–H and O–H groups in total. The predicted octanol–water partition coefficient (Wildman–Crippen LogP) is 4.38. The highest BCUT2D eigenvalue weighted by molar-refractivity contribution is 5.95. The molecule has 4 rings (SSSR count). The summed E-state index contributed by atoms with van der Waals surface area (Å²) in [4.78, 5) is 16.9. The van der Waals surface area contributed by atoms with E-state index in [0.29, 0.717) is 27.7 Å². The fourth-order valence-electron chi connectivity index (χ4n) is 3.10. The summed E-state index contributed by atoms with van der Waals surface area (Å²) in [5.41, 5.74) is 1.32. The van der Waals surface area contributed by atoms with Crippen molar-refractivity contribution < 1.29 is 8.78 Å². The highest BCUT2D eigenvalue weighted by Gasteiger charge is 2.16. The molecule has 1 aromatic heterocycles. The topological polar surface area (TPSA) is 47.2 Å². The maximum absolute atomic E-state index is 14.7. The summed E-state index contributed by atoms with van der Waals surface area (Å²) in [5.74, 6) is -0.884. The molecule has 3 aromatic carbocycles. The normalized spacial score (nSPS) is 11.4. The molecule has 0 aliphatic carbocycles. The van der Waals surface area contributed by atoms with Crippen LogP contribution in [-0.4, -0.2) is 23.0 Å². The second kappa shape index (κ2) is 7.15. The van der Waals surface area contributed by atoms with Gasteiger partial charge in [0.15, 0.2) is 0 Å². The molecule has 0 radical (unpaired) electrons. The molecule has 4 nitrogen and oxygen atoms in total. The lowest BCUT2D eigenvalue weighted by Crippen LogP contribution is -2.22. The zero-order valence-corrected chi connectivity index (χ0v) is 14.9. The van der Waals surface area contributed by atoms with E-state index < -0.39 is 11.6 Å². The van der Waals surface area contributed by atoms with Crippen LogP contribution in [-0.2, 0) is 0 Å². The maximum atomic E-state index is 14.7. The van der Waals surface area contributed by atoms with Crippen LogP contribution in [0.2, 0.25) is 0 Å². The molecule has 0 saturated heterocycles. The van der Waals surface area contributed by atoms with Gasteiger partial charge in [-0.1, -0.05) is 24.3 Å². The van der Waals surface area contributed by atoms with Gasteiger partial charge in [0, 0.05) is 24.2 Å². The fourth-order valence-corrected chi connectivity index (χ4v) is 3.10. The Morgan fingerprint density at radius 3 is 2.39 bits per heavy atom. The van der Waals surface area contributed by atoms with Gasteiger partial charge in [-0.3, -0.25) is 9.79 Å². The second-order valence-corrected chi connectivity index (χ2v) is 6.21. The molecule has 1 heterocycles. The van der Waals surface area contributed by atoms with Crippen molar-refractivity contribution >= 4 is 17.0 Å². The van der Waals surface area contributed by atoms with Crippen molar-refractivity contribution in [2.24, 2.45) is 4.99 Å². The second-order valence-electron chi connectivity index (χ2n) is 6.21. The SMILES string of the molecule is CN=Cc1ccc(F)c(-c2nn(-c3ccc(F)cc3)c(=O)c3ccccc23)c1. The average molecular weight is 375 g/mol. The van der Waals surface area contributed by atoms with E-state index in [2.05, 4.69) is 10.1 Å². The Hall–Kier alpha value is -3.67. The van der Waals surface area contributed by atoms with Crippen molar-refractivity contribution in [2.75, 3.05) is 7.05 Å². The van der Waals surface area contributed by atoms with Crippen LogP contribution in [0.15, 0.2) is 76.5 Å². The minimum Gasteiger partial charge on any atom is -0.296 e. The van der Waals surface area contributed by atoms with Crippen molar-refractivity contribution in [3.8, 4) is 16.9 Å². The number of rotatable bonds is 3. The van der Waals surface area contributed by atoms with E-state index in [0.717, 1.165) is 4.68 Å². The van der Waals surface area contributed by atoms with Gasteiger partial charge in [0.2, 0.25) is 0 Å². The predicted molar refractivity (Wildman–Crippen MR) is 106 cm³/mol. The maximum Gasteiger partial charge on any atom is 0.279 e. The number of aromatic nitrogens is 2. The lowest BCUT2D eigenvalue weighted by atomic mass is 10.0. The van der Waals surface area contributed by atoms with Crippen LogP contribution in [0, 0.1) is 11.6 Å². The Kier molecular flexibility index (Phi) is 4.53. The molecule has 4 aromatic rings. The number of halogens is 2.